The Hall–Kier alpha value is -2.83. The number of rotatable bonds is 4. The summed E-state index contributed by atoms with van der Waals surface area (Å²) in [4.78, 5) is 17.7. The predicted octanol–water partition coefficient (Wildman–Crippen LogP) is 6.47. The molecular formula is C31H40F3N3OSi2. The van der Waals surface area contributed by atoms with Crippen LogP contribution in [-0.2, 0) is 12.7 Å². The molecule has 0 saturated carbocycles. The molecule has 3 rings (SSSR count). The maximum absolute atomic E-state index is 14.1. The monoisotopic (exact) mass is 583 g/mol. The van der Waals surface area contributed by atoms with Gasteiger partial charge in [0.2, 0.25) is 0 Å². The molecule has 9 heteroatoms. The van der Waals surface area contributed by atoms with Gasteiger partial charge in [0.1, 0.15) is 16.1 Å². The number of hydrogen-bond acceptors (Lipinski definition) is 3. The van der Waals surface area contributed by atoms with Crippen LogP contribution >= 0.6 is 0 Å². The van der Waals surface area contributed by atoms with E-state index in [0.29, 0.717) is 29.8 Å². The minimum atomic E-state index is -4.54. The van der Waals surface area contributed by atoms with Crippen molar-refractivity contribution in [2.24, 2.45) is 0 Å². The van der Waals surface area contributed by atoms with Gasteiger partial charge in [0.25, 0.3) is 5.91 Å². The van der Waals surface area contributed by atoms with Gasteiger partial charge in [-0.25, -0.2) is 0 Å². The van der Waals surface area contributed by atoms with Crippen molar-refractivity contribution in [2.75, 3.05) is 38.5 Å². The molecule has 0 aromatic heterocycles. The van der Waals surface area contributed by atoms with Crippen LogP contribution in [0.3, 0.4) is 0 Å². The van der Waals surface area contributed by atoms with E-state index in [1.807, 2.05) is 24.9 Å². The van der Waals surface area contributed by atoms with E-state index in [9.17, 15) is 18.0 Å². The summed E-state index contributed by atoms with van der Waals surface area (Å²) in [6.07, 6.45) is -4.54. The number of anilines is 1. The molecule has 1 heterocycles. The third kappa shape index (κ3) is 9.10. The van der Waals surface area contributed by atoms with Gasteiger partial charge in [-0.05, 0) is 43.3 Å². The first-order valence-corrected chi connectivity index (χ1v) is 20.6. The quantitative estimate of drug-likeness (QED) is 0.331. The average molecular weight is 584 g/mol. The molecule has 4 nitrogen and oxygen atoms in total. The number of piperazine rings is 1. The molecule has 2 aromatic rings. The zero-order chi connectivity index (χ0) is 29.9. The van der Waals surface area contributed by atoms with Crippen molar-refractivity contribution in [1.82, 2.24) is 9.80 Å². The van der Waals surface area contributed by atoms with Crippen molar-refractivity contribution in [3.63, 3.8) is 0 Å². The first kappa shape index (κ1) is 31.7. The highest BCUT2D eigenvalue weighted by atomic mass is 28.3. The number of benzene rings is 2. The van der Waals surface area contributed by atoms with E-state index in [2.05, 4.69) is 72.4 Å². The Balaban J connectivity index is 2.00. The van der Waals surface area contributed by atoms with Crippen LogP contribution in [0.15, 0.2) is 30.3 Å². The highest BCUT2D eigenvalue weighted by Crippen LogP contribution is 2.35. The third-order valence-corrected chi connectivity index (χ3v) is 8.20. The molecular weight excluding hydrogens is 544 g/mol. The molecule has 1 amide bonds. The number of nitrogens with zero attached hydrogens (tertiary/aromatic N) is 2. The van der Waals surface area contributed by atoms with Gasteiger partial charge in [-0.2, -0.15) is 13.2 Å². The smallest absolute Gasteiger partial charge is 0.322 e. The standard InChI is InChI=1S/C31H40F3N3OSi2/c1-23-9-12-28(27(14-20-40(6,7)8)26(23)13-19-39(3,4)5)30(38)35-25-11-10-24(29(21-25)31(32,33)34)22-37-17-15-36(2)16-18-37/h9-12,21H,15-18,22H2,1-8H3,(H,35,38). The highest BCUT2D eigenvalue weighted by Gasteiger charge is 2.34. The van der Waals surface area contributed by atoms with E-state index in [4.69, 9.17) is 0 Å². The Kier molecular flexibility index (Phi) is 9.79. The second-order valence-corrected chi connectivity index (χ2v) is 22.1. The van der Waals surface area contributed by atoms with Crippen LogP contribution in [0.4, 0.5) is 18.9 Å². The van der Waals surface area contributed by atoms with Crippen LogP contribution in [0.25, 0.3) is 0 Å². The Morgan fingerprint density at radius 1 is 0.900 bits per heavy atom. The first-order chi connectivity index (χ1) is 18.4. The molecule has 2 aromatic carbocycles. The molecule has 0 atom stereocenters. The lowest BCUT2D eigenvalue weighted by molar-refractivity contribution is -0.138. The maximum Gasteiger partial charge on any atom is 0.416 e. The van der Waals surface area contributed by atoms with Crippen molar-refractivity contribution >= 4 is 27.7 Å². The largest absolute Gasteiger partial charge is 0.416 e. The first-order valence-electron chi connectivity index (χ1n) is 13.6. The van der Waals surface area contributed by atoms with E-state index < -0.39 is 33.8 Å². The Labute approximate surface area is 239 Å². The second-order valence-electron chi connectivity index (χ2n) is 12.6. The molecule has 214 valence electrons. The van der Waals surface area contributed by atoms with Crippen LogP contribution < -0.4 is 5.32 Å². The number of halogens is 3. The van der Waals surface area contributed by atoms with E-state index in [1.54, 1.807) is 12.1 Å². The molecule has 0 radical (unpaired) electrons. The number of carbonyl (C=O) groups excluding carboxylic acids is 1. The van der Waals surface area contributed by atoms with Crippen LogP contribution in [0.1, 0.15) is 38.2 Å². The normalized spacial score (nSPS) is 15.1. The molecule has 0 unspecified atom stereocenters. The van der Waals surface area contributed by atoms with Gasteiger partial charge in [-0.3, -0.25) is 9.69 Å². The Morgan fingerprint density at radius 2 is 1.48 bits per heavy atom. The summed E-state index contributed by atoms with van der Waals surface area (Å²) in [7, 11) is -1.50. The van der Waals surface area contributed by atoms with Crippen LogP contribution in [0.5, 0.6) is 0 Å². The fraction of sp³-hybridized carbons (Fsp3) is 0.452. The Bertz CT molecular complexity index is 1380. The average Bonchev–Trinajstić information content (AvgIpc) is 2.82. The van der Waals surface area contributed by atoms with Crippen molar-refractivity contribution in [3.8, 4) is 22.9 Å². The fourth-order valence-corrected chi connectivity index (χ4v) is 5.19. The lowest BCUT2D eigenvalue weighted by Gasteiger charge is -2.33. The lowest BCUT2D eigenvalue weighted by atomic mass is 9.96. The number of carbonyl (C=O) groups is 1. The van der Waals surface area contributed by atoms with Gasteiger partial charge in [0.15, 0.2) is 0 Å². The lowest BCUT2D eigenvalue weighted by Crippen LogP contribution is -2.44. The Morgan fingerprint density at radius 3 is 2.02 bits per heavy atom. The van der Waals surface area contributed by atoms with Gasteiger partial charge < -0.3 is 10.2 Å². The van der Waals surface area contributed by atoms with Gasteiger partial charge in [0.05, 0.1) is 16.7 Å². The minimum absolute atomic E-state index is 0.0962. The number of alkyl halides is 3. The van der Waals surface area contributed by atoms with E-state index in [-0.39, 0.29) is 17.8 Å². The molecule has 40 heavy (non-hydrogen) atoms. The van der Waals surface area contributed by atoms with E-state index in [1.165, 1.54) is 6.07 Å². The van der Waals surface area contributed by atoms with Gasteiger partial charge in [-0.15, -0.1) is 11.1 Å². The van der Waals surface area contributed by atoms with E-state index in [0.717, 1.165) is 24.7 Å². The van der Waals surface area contributed by atoms with Crippen molar-refractivity contribution < 1.29 is 18.0 Å². The highest BCUT2D eigenvalue weighted by molar-refractivity contribution is 6.84. The minimum Gasteiger partial charge on any atom is -0.322 e. The molecule has 1 aliphatic heterocycles. The zero-order valence-corrected chi connectivity index (χ0v) is 26.9. The molecule has 1 aliphatic rings. The van der Waals surface area contributed by atoms with E-state index >= 15 is 0 Å². The number of hydrogen-bond donors (Lipinski definition) is 1. The maximum atomic E-state index is 14.1. The SMILES string of the molecule is Cc1ccc(C(=O)Nc2ccc(CN3CCN(C)CC3)c(C(F)(F)F)c2)c(C#C[Si](C)(C)C)c1C#C[Si](C)(C)C. The summed E-state index contributed by atoms with van der Waals surface area (Å²) in [5.74, 6) is 6.01. The summed E-state index contributed by atoms with van der Waals surface area (Å²) in [5, 5.41) is 2.71. The van der Waals surface area contributed by atoms with Gasteiger partial charge in [-0.1, -0.05) is 63.3 Å². The zero-order valence-electron chi connectivity index (χ0n) is 24.9. The topological polar surface area (TPSA) is 35.6 Å². The van der Waals surface area contributed by atoms with Gasteiger partial charge >= 0.3 is 6.18 Å². The van der Waals surface area contributed by atoms with Crippen molar-refractivity contribution in [1.29, 1.82) is 0 Å². The van der Waals surface area contributed by atoms with Gasteiger partial charge in [0, 0.05) is 44.0 Å². The fourth-order valence-electron chi connectivity index (χ4n) is 4.19. The summed E-state index contributed by atoms with van der Waals surface area (Å²) in [6.45, 7) is 18.0. The molecule has 1 N–H and O–H groups in total. The molecule has 0 aliphatic carbocycles. The summed E-state index contributed by atoms with van der Waals surface area (Å²) < 4.78 is 42.3. The number of nitrogens with one attached hydrogen (secondary N) is 1. The number of amides is 1. The molecule has 1 saturated heterocycles. The summed E-state index contributed by atoms with van der Waals surface area (Å²) >= 11 is 0. The van der Waals surface area contributed by atoms with Crippen LogP contribution in [0, 0.1) is 29.9 Å². The molecule has 1 fully saturated rings. The number of likely N-dealkylation sites (N-methyl/N-ethyl adjacent to an activating group) is 1. The summed E-state index contributed by atoms with van der Waals surface area (Å²) in [6, 6.07) is 7.57. The van der Waals surface area contributed by atoms with Crippen LogP contribution in [0.2, 0.25) is 39.3 Å². The predicted molar refractivity (Wildman–Crippen MR) is 164 cm³/mol. The molecule has 0 spiro atoms. The van der Waals surface area contributed by atoms with Crippen LogP contribution in [-0.4, -0.2) is 65.1 Å². The number of aryl methyl sites for hydroxylation is 1. The molecule has 0 bridgehead atoms. The van der Waals surface area contributed by atoms with Crippen molar-refractivity contribution in [3.05, 3.63) is 63.7 Å². The second kappa shape index (κ2) is 12.4. The third-order valence-electron chi connectivity index (χ3n) is 6.45. The van der Waals surface area contributed by atoms with Crippen molar-refractivity contribution in [2.45, 2.75) is 58.9 Å². The summed E-state index contributed by atoms with van der Waals surface area (Å²) in [5.41, 5.74) is 8.74.